The Hall–Kier alpha value is -3.93. The molecular weight excluding hydrogens is 444 g/mol. The van der Waals surface area contributed by atoms with E-state index in [1.807, 2.05) is 31.2 Å². The number of rotatable bonds is 5. The van der Waals surface area contributed by atoms with Crippen LogP contribution in [0.15, 0.2) is 71.9 Å². The summed E-state index contributed by atoms with van der Waals surface area (Å²) in [4.78, 5) is 10.1. The average Bonchev–Trinajstić information content (AvgIpc) is 3.45. The summed E-state index contributed by atoms with van der Waals surface area (Å²) in [6, 6.07) is 17.0. The molecule has 0 aliphatic carbocycles. The molecule has 0 spiro atoms. The largest absolute Gasteiger partial charge is 0.392 e. The Balaban J connectivity index is 1.84. The number of tetrazole rings is 1. The van der Waals surface area contributed by atoms with Crippen molar-refractivity contribution >= 4 is 21.2 Å². The monoisotopic (exact) mass is 463 g/mol. The maximum Gasteiger partial charge on any atom is 0.341 e. The minimum atomic E-state index is -4.51. The van der Waals surface area contributed by atoms with E-state index in [2.05, 4.69) is 20.2 Å². The zero-order chi connectivity index (χ0) is 23.2. The topological polar surface area (TPSA) is 138 Å². The van der Waals surface area contributed by atoms with Crippen molar-refractivity contribution in [1.29, 1.82) is 0 Å². The number of H-pyrrole nitrogens is 1. The van der Waals surface area contributed by atoms with Gasteiger partial charge in [0.1, 0.15) is 10.4 Å². The van der Waals surface area contributed by atoms with E-state index in [0.717, 1.165) is 11.1 Å². The third-order valence-electron chi connectivity index (χ3n) is 5.23. The summed E-state index contributed by atoms with van der Waals surface area (Å²) in [5, 5.41) is 19.1. The molecule has 0 unspecified atom stereocenters. The number of nitrogens with one attached hydrogen (secondary N) is 1. The van der Waals surface area contributed by atoms with Gasteiger partial charge in [0.2, 0.25) is 0 Å². The molecule has 0 bridgehead atoms. The van der Waals surface area contributed by atoms with Gasteiger partial charge in [0, 0.05) is 10.4 Å². The predicted octanol–water partition coefficient (Wildman–Crippen LogP) is 2.13. The number of aromatic nitrogens is 6. The molecule has 0 fully saturated rings. The van der Waals surface area contributed by atoms with Crippen molar-refractivity contribution in [3.63, 3.8) is 0 Å². The molecule has 33 heavy (non-hydrogen) atoms. The molecule has 0 amide bonds. The highest BCUT2D eigenvalue weighted by molar-refractivity contribution is 7.86. The van der Waals surface area contributed by atoms with Crippen LogP contribution in [0.4, 0.5) is 0 Å². The predicted molar refractivity (Wildman–Crippen MR) is 118 cm³/mol. The molecule has 0 saturated carbocycles. The minimum Gasteiger partial charge on any atom is -0.392 e. The van der Waals surface area contributed by atoms with Crippen LogP contribution < -0.4 is 4.80 Å². The third-order valence-corrected chi connectivity index (χ3v) is 6.14. The van der Waals surface area contributed by atoms with Crippen molar-refractivity contribution in [2.75, 3.05) is 0 Å². The fourth-order valence-electron chi connectivity index (χ4n) is 3.73. The molecule has 2 aromatic heterocycles. The van der Waals surface area contributed by atoms with E-state index in [1.165, 1.54) is 27.8 Å². The van der Waals surface area contributed by atoms with Crippen molar-refractivity contribution < 1.29 is 22.9 Å². The molecular formula is C22H19N6O4S+. The smallest absolute Gasteiger partial charge is 0.341 e. The number of benzene rings is 3. The number of aliphatic hydroxyl groups excluding tert-OH is 1. The lowest BCUT2D eigenvalue weighted by Gasteiger charge is -2.05. The molecule has 3 N–H and O–H groups in total. The van der Waals surface area contributed by atoms with Crippen molar-refractivity contribution in [3.8, 4) is 22.8 Å². The normalized spacial score (nSPS) is 11.8. The van der Waals surface area contributed by atoms with Gasteiger partial charge in [-0.15, -0.1) is 0 Å². The summed E-state index contributed by atoms with van der Waals surface area (Å²) in [6.07, 6.45) is 1.56. The van der Waals surface area contributed by atoms with Crippen LogP contribution in [0.2, 0.25) is 0 Å². The van der Waals surface area contributed by atoms with Crippen LogP contribution in [0.5, 0.6) is 0 Å². The molecule has 5 rings (SSSR count). The van der Waals surface area contributed by atoms with E-state index in [1.54, 1.807) is 24.5 Å². The molecule has 2 heterocycles. The van der Waals surface area contributed by atoms with Gasteiger partial charge in [0.05, 0.1) is 29.1 Å². The van der Waals surface area contributed by atoms with Gasteiger partial charge in [-0.3, -0.25) is 4.55 Å². The van der Waals surface area contributed by atoms with Crippen LogP contribution in [0.1, 0.15) is 11.1 Å². The van der Waals surface area contributed by atoms with E-state index >= 15 is 0 Å². The first-order chi connectivity index (χ1) is 15.9. The van der Waals surface area contributed by atoms with Crippen LogP contribution in [0, 0.1) is 6.92 Å². The molecule has 10 nitrogen and oxygen atoms in total. The van der Waals surface area contributed by atoms with Crippen LogP contribution in [0.25, 0.3) is 33.8 Å². The highest BCUT2D eigenvalue weighted by Crippen LogP contribution is 2.25. The summed E-state index contributed by atoms with van der Waals surface area (Å²) in [5.74, 6) is 0.0697. The minimum absolute atomic E-state index is 0.0697. The third kappa shape index (κ3) is 3.67. The van der Waals surface area contributed by atoms with Gasteiger partial charge in [-0.25, -0.2) is 4.98 Å². The van der Waals surface area contributed by atoms with Gasteiger partial charge in [0.15, 0.2) is 11.4 Å². The Morgan fingerprint density at radius 1 is 1.09 bits per heavy atom. The zero-order valence-electron chi connectivity index (χ0n) is 17.4. The second-order valence-corrected chi connectivity index (χ2v) is 8.83. The van der Waals surface area contributed by atoms with E-state index in [0.29, 0.717) is 22.5 Å². The number of nitrogens with zero attached hydrogens (tertiary/aromatic N) is 5. The Morgan fingerprint density at radius 2 is 1.91 bits per heavy atom. The highest BCUT2D eigenvalue weighted by Gasteiger charge is 2.30. The number of imidazole rings is 1. The van der Waals surface area contributed by atoms with Crippen LogP contribution in [0.3, 0.4) is 0 Å². The molecule has 11 heteroatoms. The SMILES string of the molecule is Cc1ccc(-[n+]2nc(-c3ccccc3S(=O)(=O)O)nn2-c2cccc3[nH]cnc23)c(CO)c1. The Morgan fingerprint density at radius 3 is 2.70 bits per heavy atom. The number of hydrogen-bond donors (Lipinski definition) is 3. The average molecular weight is 463 g/mol. The molecule has 5 aromatic rings. The number of aryl methyl sites for hydroxylation is 1. The molecule has 166 valence electrons. The number of aliphatic hydroxyl groups is 1. The van der Waals surface area contributed by atoms with Crippen LogP contribution in [-0.4, -0.2) is 43.0 Å². The first-order valence-electron chi connectivity index (χ1n) is 9.96. The zero-order valence-corrected chi connectivity index (χ0v) is 18.2. The highest BCUT2D eigenvalue weighted by atomic mass is 32.2. The second-order valence-electron chi connectivity index (χ2n) is 7.44. The van der Waals surface area contributed by atoms with Crippen molar-refractivity contribution in [3.05, 3.63) is 78.1 Å². The van der Waals surface area contributed by atoms with E-state index < -0.39 is 10.1 Å². The van der Waals surface area contributed by atoms with E-state index in [4.69, 9.17) is 0 Å². The lowest BCUT2D eigenvalue weighted by Crippen LogP contribution is -2.44. The molecule has 0 aliphatic heterocycles. The van der Waals surface area contributed by atoms with Crippen LogP contribution >= 0.6 is 0 Å². The first kappa shape index (κ1) is 20.9. The number of fused-ring (bicyclic) bond motifs is 1. The lowest BCUT2D eigenvalue weighted by atomic mass is 10.1. The van der Waals surface area contributed by atoms with Crippen molar-refractivity contribution in [2.24, 2.45) is 0 Å². The summed E-state index contributed by atoms with van der Waals surface area (Å²) in [6.45, 7) is 1.68. The number of para-hydroxylation sites is 1. The maximum absolute atomic E-state index is 12.0. The van der Waals surface area contributed by atoms with Crippen LogP contribution in [-0.2, 0) is 16.7 Å². The Bertz CT molecular complexity index is 1610. The summed E-state index contributed by atoms with van der Waals surface area (Å²) in [7, 11) is -4.51. The van der Waals surface area contributed by atoms with Gasteiger partial charge in [-0.05, 0) is 53.2 Å². The van der Waals surface area contributed by atoms with E-state index in [9.17, 15) is 18.1 Å². The van der Waals surface area contributed by atoms with Gasteiger partial charge in [-0.2, -0.15) is 8.42 Å². The molecule has 3 aromatic carbocycles. The molecule has 0 saturated heterocycles. The standard InChI is InChI=1S/C22H18N6O4S/c1-14-9-10-18(15(11-14)12-29)27-25-22(16-5-2-3-8-20(16)33(30,31)32)26-28(27)19-7-4-6-17-21(19)24-13-23-17/h2-11,13,29H,12H2,1H3,(H-,23,24,30,31,32)/p+1. The fraction of sp³-hybridized carbons (Fsp3) is 0.0909. The van der Waals surface area contributed by atoms with Gasteiger partial charge < -0.3 is 10.1 Å². The summed E-state index contributed by atoms with van der Waals surface area (Å²) in [5.41, 5.74) is 4.25. The molecule has 0 radical (unpaired) electrons. The lowest BCUT2D eigenvalue weighted by molar-refractivity contribution is -0.734. The second kappa shape index (κ2) is 7.89. The van der Waals surface area contributed by atoms with Gasteiger partial charge >= 0.3 is 5.82 Å². The van der Waals surface area contributed by atoms with Crippen molar-refractivity contribution in [1.82, 2.24) is 25.0 Å². The Labute approximate surface area is 188 Å². The van der Waals surface area contributed by atoms with Crippen molar-refractivity contribution in [2.45, 2.75) is 18.4 Å². The summed E-state index contributed by atoms with van der Waals surface area (Å²) < 4.78 is 33.7. The van der Waals surface area contributed by atoms with Gasteiger partial charge in [-0.1, -0.05) is 29.8 Å². The molecule has 0 aliphatic rings. The fourth-order valence-corrected chi connectivity index (χ4v) is 4.42. The number of hydrogen-bond acceptors (Lipinski definition) is 6. The first-order valence-corrected chi connectivity index (χ1v) is 11.4. The number of aromatic amines is 1. The summed E-state index contributed by atoms with van der Waals surface area (Å²) >= 11 is 0. The molecule has 0 atom stereocenters. The Kier molecular flexibility index (Phi) is 5.01. The van der Waals surface area contributed by atoms with E-state index in [-0.39, 0.29) is 22.9 Å². The van der Waals surface area contributed by atoms with Gasteiger partial charge in [0.25, 0.3) is 10.1 Å². The quantitative estimate of drug-likeness (QED) is 0.268. The maximum atomic E-state index is 12.0.